The number of hydrogen-bond acceptors (Lipinski definition) is 5. The van der Waals surface area contributed by atoms with E-state index in [1.165, 1.54) is 37.1 Å². The minimum Gasteiger partial charge on any atom is -0.320 e. The van der Waals surface area contributed by atoms with Gasteiger partial charge in [0.25, 0.3) is 0 Å². The van der Waals surface area contributed by atoms with Gasteiger partial charge < -0.3 is 5.32 Å². The molecular formula is C22H23F2N5OS. The molecule has 31 heavy (non-hydrogen) atoms. The van der Waals surface area contributed by atoms with Crippen LogP contribution < -0.4 is 5.32 Å². The Bertz CT molecular complexity index is 1020. The zero-order chi connectivity index (χ0) is 21.6. The maximum Gasteiger partial charge on any atom is 0.235 e. The Balaban J connectivity index is 1.50. The number of thioether (sulfide) groups is 1. The van der Waals surface area contributed by atoms with Gasteiger partial charge in [-0.2, -0.15) is 0 Å². The van der Waals surface area contributed by atoms with Crippen molar-refractivity contribution in [1.82, 2.24) is 19.7 Å². The summed E-state index contributed by atoms with van der Waals surface area (Å²) in [5.74, 6) is -1.39. The summed E-state index contributed by atoms with van der Waals surface area (Å²) >= 11 is 1.18. The molecule has 2 heterocycles. The van der Waals surface area contributed by atoms with Gasteiger partial charge >= 0.3 is 0 Å². The summed E-state index contributed by atoms with van der Waals surface area (Å²) in [5.41, 5.74) is 0.464. The Labute approximate surface area is 183 Å². The fraction of sp³-hybridized carbons (Fsp3) is 0.318. The second kappa shape index (κ2) is 10.0. The second-order valence-corrected chi connectivity index (χ2v) is 8.28. The van der Waals surface area contributed by atoms with Crippen molar-refractivity contribution in [1.29, 1.82) is 0 Å². The molecule has 2 aromatic carbocycles. The highest BCUT2D eigenvalue weighted by atomic mass is 32.2. The van der Waals surface area contributed by atoms with Gasteiger partial charge in [0.1, 0.15) is 17.3 Å². The van der Waals surface area contributed by atoms with Gasteiger partial charge in [-0.25, -0.2) is 8.78 Å². The zero-order valence-electron chi connectivity index (χ0n) is 16.9. The SMILES string of the molecule is O=C(CSc1nnc(CN2CCCCC2)n1-c1ccccc1)Nc1c(F)cccc1F. The van der Waals surface area contributed by atoms with Crippen LogP contribution in [0.5, 0.6) is 0 Å². The zero-order valence-corrected chi connectivity index (χ0v) is 17.7. The lowest BCUT2D eigenvalue weighted by atomic mass is 10.1. The van der Waals surface area contributed by atoms with E-state index in [2.05, 4.69) is 20.4 Å². The van der Waals surface area contributed by atoms with Crippen LogP contribution in [0.2, 0.25) is 0 Å². The summed E-state index contributed by atoms with van der Waals surface area (Å²) < 4.78 is 29.5. The van der Waals surface area contributed by atoms with Crippen LogP contribution in [-0.4, -0.2) is 44.4 Å². The molecule has 0 saturated carbocycles. The predicted molar refractivity (Wildman–Crippen MR) is 116 cm³/mol. The number of anilines is 1. The van der Waals surface area contributed by atoms with Crippen LogP contribution >= 0.6 is 11.8 Å². The molecule has 0 atom stereocenters. The summed E-state index contributed by atoms with van der Waals surface area (Å²) in [6.07, 6.45) is 3.60. The van der Waals surface area contributed by atoms with Crippen molar-refractivity contribution in [2.45, 2.75) is 31.0 Å². The number of carbonyl (C=O) groups excluding carboxylic acids is 1. The Kier molecular flexibility index (Phi) is 6.93. The lowest BCUT2D eigenvalue weighted by molar-refractivity contribution is -0.113. The molecule has 162 valence electrons. The fourth-order valence-corrected chi connectivity index (χ4v) is 4.34. The van der Waals surface area contributed by atoms with Crippen LogP contribution in [0.15, 0.2) is 53.7 Å². The van der Waals surface area contributed by atoms with E-state index >= 15 is 0 Å². The number of nitrogens with one attached hydrogen (secondary N) is 1. The monoisotopic (exact) mass is 443 g/mol. The molecule has 1 aliphatic rings. The first-order chi connectivity index (χ1) is 15.1. The van der Waals surface area contributed by atoms with E-state index in [0.29, 0.717) is 11.7 Å². The largest absolute Gasteiger partial charge is 0.320 e. The van der Waals surface area contributed by atoms with Crippen LogP contribution in [-0.2, 0) is 11.3 Å². The molecule has 1 N–H and O–H groups in total. The van der Waals surface area contributed by atoms with Gasteiger partial charge in [0.05, 0.1) is 12.3 Å². The van der Waals surface area contributed by atoms with E-state index in [1.54, 1.807) is 0 Å². The summed E-state index contributed by atoms with van der Waals surface area (Å²) in [4.78, 5) is 14.7. The number of likely N-dealkylation sites (tertiary alicyclic amines) is 1. The maximum absolute atomic E-state index is 13.8. The smallest absolute Gasteiger partial charge is 0.235 e. The Morgan fingerprint density at radius 3 is 2.39 bits per heavy atom. The van der Waals surface area contributed by atoms with Crippen molar-refractivity contribution in [2.24, 2.45) is 0 Å². The van der Waals surface area contributed by atoms with Gasteiger partial charge in [-0.1, -0.05) is 42.4 Å². The predicted octanol–water partition coefficient (Wildman–Crippen LogP) is 4.26. The second-order valence-electron chi connectivity index (χ2n) is 7.34. The minimum atomic E-state index is -0.811. The van der Waals surface area contributed by atoms with Crippen LogP contribution in [0.4, 0.5) is 14.5 Å². The van der Waals surface area contributed by atoms with Crippen LogP contribution in [0.3, 0.4) is 0 Å². The molecule has 0 unspecified atom stereocenters. The van der Waals surface area contributed by atoms with E-state index in [9.17, 15) is 13.6 Å². The molecule has 0 radical (unpaired) electrons. The van der Waals surface area contributed by atoms with Gasteiger partial charge in [-0.05, 0) is 50.2 Å². The lowest BCUT2D eigenvalue weighted by Crippen LogP contribution is -2.30. The fourth-order valence-electron chi connectivity index (χ4n) is 3.57. The number of carbonyl (C=O) groups is 1. The highest BCUT2D eigenvalue weighted by molar-refractivity contribution is 7.99. The van der Waals surface area contributed by atoms with Crippen molar-refractivity contribution in [2.75, 3.05) is 24.2 Å². The normalized spacial score (nSPS) is 14.5. The Hall–Kier alpha value is -2.78. The molecule has 1 aromatic heterocycles. The molecule has 4 rings (SSSR count). The molecule has 3 aromatic rings. The van der Waals surface area contributed by atoms with E-state index in [0.717, 1.165) is 36.7 Å². The molecular weight excluding hydrogens is 420 g/mol. The maximum atomic E-state index is 13.8. The van der Waals surface area contributed by atoms with Crippen molar-refractivity contribution in [3.05, 3.63) is 66.0 Å². The summed E-state index contributed by atoms with van der Waals surface area (Å²) in [5, 5.41) is 11.5. The third kappa shape index (κ3) is 5.29. The summed E-state index contributed by atoms with van der Waals surface area (Å²) in [6, 6.07) is 13.2. The highest BCUT2D eigenvalue weighted by Crippen LogP contribution is 2.24. The number of nitrogens with zero attached hydrogens (tertiary/aromatic N) is 4. The molecule has 0 bridgehead atoms. The number of benzene rings is 2. The third-order valence-corrected chi connectivity index (χ3v) is 6.02. The summed E-state index contributed by atoms with van der Waals surface area (Å²) in [7, 11) is 0. The van der Waals surface area contributed by atoms with E-state index in [-0.39, 0.29) is 5.75 Å². The number of rotatable bonds is 7. The van der Waals surface area contributed by atoms with Crippen LogP contribution in [0.25, 0.3) is 5.69 Å². The van der Waals surface area contributed by atoms with Crippen molar-refractivity contribution in [3.63, 3.8) is 0 Å². The molecule has 1 fully saturated rings. The van der Waals surface area contributed by atoms with E-state index in [1.807, 2.05) is 34.9 Å². The van der Waals surface area contributed by atoms with Crippen LogP contribution in [0.1, 0.15) is 25.1 Å². The average molecular weight is 444 g/mol. The molecule has 0 spiro atoms. The molecule has 1 aliphatic heterocycles. The van der Waals surface area contributed by atoms with Crippen molar-refractivity contribution < 1.29 is 13.6 Å². The minimum absolute atomic E-state index is 0.0531. The van der Waals surface area contributed by atoms with E-state index in [4.69, 9.17) is 0 Å². The quantitative estimate of drug-likeness (QED) is 0.553. The molecule has 9 heteroatoms. The Morgan fingerprint density at radius 1 is 0.968 bits per heavy atom. The number of piperidine rings is 1. The number of para-hydroxylation sites is 2. The van der Waals surface area contributed by atoms with Crippen LogP contribution in [0, 0.1) is 11.6 Å². The number of hydrogen-bond donors (Lipinski definition) is 1. The Morgan fingerprint density at radius 2 is 1.68 bits per heavy atom. The highest BCUT2D eigenvalue weighted by Gasteiger charge is 2.20. The van der Waals surface area contributed by atoms with E-state index < -0.39 is 23.2 Å². The number of amides is 1. The van der Waals surface area contributed by atoms with Crippen molar-refractivity contribution >= 4 is 23.4 Å². The average Bonchev–Trinajstić information content (AvgIpc) is 3.18. The first-order valence-corrected chi connectivity index (χ1v) is 11.2. The first-order valence-electron chi connectivity index (χ1n) is 10.2. The molecule has 1 amide bonds. The molecule has 1 saturated heterocycles. The van der Waals surface area contributed by atoms with Gasteiger partial charge in [0, 0.05) is 5.69 Å². The lowest BCUT2D eigenvalue weighted by Gasteiger charge is -2.26. The summed E-state index contributed by atoms with van der Waals surface area (Å²) in [6.45, 7) is 2.73. The third-order valence-electron chi connectivity index (χ3n) is 5.09. The van der Waals surface area contributed by atoms with Gasteiger partial charge in [-0.3, -0.25) is 14.3 Å². The van der Waals surface area contributed by atoms with Gasteiger partial charge in [-0.15, -0.1) is 10.2 Å². The molecule has 6 nitrogen and oxygen atoms in total. The van der Waals surface area contributed by atoms with Gasteiger partial charge in [0.15, 0.2) is 11.0 Å². The standard InChI is InChI=1S/C22H23F2N5OS/c23-17-10-7-11-18(24)21(17)25-20(30)15-31-22-27-26-19(14-28-12-5-2-6-13-28)29(22)16-8-3-1-4-9-16/h1,3-4,7-11H,2,5-6,12-15H2,(H,25,30). The molecule has 0 aliphatic carbocycles. The number of halogens is 2. The number of aromatic nitrogens is 3. The van der Waals surface area contributed by atoms with Gasteiger partial charge in [0.2, 0.25) is 5.91 Å². The first kappa shape index (κ1) is 21.5. The topological polar surface area (TPSA) is 63.1 Å². The van der Waals surface area contributed by atoms with Crippen molar-refractivity contribution in [3.8, 4) is 5.69 Å².